The van der Waals surface area contributed by atoms with E-state index in [-0.39, 0.29) is 6.04 Å². The third-order valence-electron chi connectivity index (χ3n) is 3.80. The molecule has 0 radical (unpaired) electrons. The number of nitrogens with zero attached hydrogens (tertiary/aromatic N) is 2. The van der Waals surface area contributed by atoms with Crippen LogP contribution in [0.3, 0.4) is 0 Å². The van der Waals surface area contributed by atoms with Crippen LogP contribution >= 0.6 is 11.3 Å². The van der Waals surface area contributed by atoms with Gasteiger partial charge in [-0.05, 0) is 57.0 Å². The molecule has 0 aliphatic heterocycles. The van der Waals surface area contributed by atoms with Gasteiger partial charge in [0.15, 0.2) is 0 Å². The van der Waals surface area contributed by atoms with Crippen molar-refractivity contribution in [2.75, 3.05) is 0 Å². The first-order chi connectivity index (χ1) is 12.8. The highest BCUT2D eigenvalue weighted by Crippen LogP contribution is 2.29. The topological polar surface area (TPSA) is 75.0 Å². The van der Waals surface area contributed by atoms with E-state index < -0.39 is 11.7 Å². The summed E-state index contributed by atoms with van der Waals surface area (Å²) in [6.07, 6.45) is 0.0393. The van der Waals surface area contributed by atoms with Crippen molar-refractivity contribution in [2.24, 2.45) is 0 Å². The second kappa shape index (κ2) is 7.77. The highest BCUT2D eigenvalue weighted by atomic mass is 32.1. The molecule has 5 nitrogen and oxygen atoms in total. The molecule has 0 saturated carbocycles. The SMILES string of the molecule is CC(C)(C)OC(=O)NC(Cc1cccc(C#N)c1)c1nc2ccccc2s1. The number of rotatable bonds is 4. The lowest BCUT2D eigenvalue weighted by atomic mass is 10.0. The Balaban J connectivity index is 1.90. The van der Waals surface area contributed by atoms with Crippen molar-refractivity contribution in [3.63, 3.8) is 0 Å². The third-order valence-corrected chi connectivity index (χ3v) is 4.95. The maximum absolute atomic E-state index is 12.4. The molecule has 1 N–H and O–H groups in total. The summed E-state index contributed by atoms with van der Waals surface area (Å²) >= 11 is 1.55. The Morgan fingerprint density at radius 1 is 1.26 bits per heavy atom. The van der Waals surface area contributed by atoms with E-state index in [1.54, 1.807) is 17.4 Å². The van der Waals surface area contributed by atoms with Crippen molar-refractivity contribution in [1.29, 1.82) is 5.26 Å². The highest BCUT2D eigenvalue weighted by Gasteiger charge is 2.23. The van der Waals surface area contributed by atoms with E-state index in [1.807, 2.05) is 63.2 Å². The number of fused-ring (bicyclic) bond motifs is 1. The molecule has 0 aliphatic rings. The van der Waals surface area contributed by atoms with Crippen LogP contribution < -0.4 is 5.32 Å². The number of benzene rings is 2. The van der Waals surface area contributed by atoms with Gasteiger partial charge in [-0.3, -0.25) is 0 Å². The van der Waals surface area contributed by atoms with E-state index in [0.717, 1.165) is 20.8 Å². The third kappa shape index (κ3) is 5.05. The Bertz CT molecular complexity index is 965. The summed E-state index contributed by atoms with van der Waals surface area (Å²) < 4.78 is 6.48. The molecular formula is C21H21N3O2S. The number of carbonyl (C=O) groups excluding carboxylic acids is 1. The number of thiazole rings is 1. The second-order valence-corrected chi connectivity index (χ2v) is 8.30. The Hall–Kier alpha value is -2.91. The first-order valence-corrected chi connectivity index (χ1v) is 9.50. The molecule has 2 aromatic carbocycles. The van der Waals surface area contributed by atoms with Crippen LogP contribution in [0.5, 0.6) is 0 Å². The number of aromatic nitrogens is 1. The number of ether oxygens (including phenoxy) is 1. The van der Waals surface area contributed by atoms with E-state index in [0.29, 0.717) is 12.0 Å². The summed E-state index contributed by atoms with van der Waals surface area (Å²) in [5, 5.41) is 12.9. The Kier molecular flexibility index (Phi) is 5.43. The van der Waals surface area contributed by atoms with Crippen LogP contribution in [0, 0.1) is 11.3 Å². The molecule has 3 aromatic rings. The van der Waals surface area contributed by atoms with E-state index in [4.69, 9.17) is 10.00 Å². The fourth-order valence-corrected chi connectivity index (χ4v) is 3.71. The summed E-state index contributed by atoms with van der Waals surface area (Å²) in [4.78, 5) is 17.0. The van der Waals surface area contributed by atoms with Gasteiger partial charge in [-0.25, -0.2) is 9.78 Å². The zero-order valence-corrected chi connectivity index (χ0v) is 16.3. The molecular weight excluding hydrogens is 358 g/mol. The van der Waals surface area contributed by atoms with Gasteiger partial charge in [-0.1, -0.05) is 24.3 Å². The fraction of sp³-hybridized carbons (Fsp3) is 0.286. The molecule has 1 unspecified atom stereocenters. The minimum atomic E-state index is -0.580. The molecule has 1 heterocycles. The number of amides is 1. The smallest absolute Gasteiger partial charge is 0.408 e. The van der Waals surface area contributed by atoms with Crippen molar-refractivity contribution in [1.82, 2.24) is 10.3 Å². The van der Waals surface area contributed by atoms with Crippen LogP contribution in [-0.2, 0) is 11.2 Å². The fourth-order valence-electron chi connectivity index (χ4n) is 2.69. The largest absolute Gasteiger partial charge is 0.444 e. The zero-order valence-electron chi connectivity index (χ0n) is 15.5. The van der Waals surface area contributed by atoms with Gasteiger partial charge < -0.3 is 10.1 Å². The van der Waals surface area contributed by atoms with Crippen LogP contribution in [-0.4, -0.2) is 16.7 Å². The monoisotopic (exact) mass is 379 g/mol. The van der Waals surface area contributed by atoms with E-state index in [2.05, 4.69) is 16.4 Å². The van der Waals surface area contributed by atoms with Crippen LogP contribution in [0.1, 0.15) is 42.9 Å². The molecule has 1 atom stereocenters. The van der Waals surface area contributed by atoms with Crippen LogP contribution in [0.15, 0.2) is 48.5 Å². The van der Waals surface area contributed by atoms with Gasteiger partial charge >= 0.3 is 6.09 Å². The highest BCUT2D eigenvalue weighted by molar-refractivity contribution is 7.18. The number of hydrogen-bond donors (Lipinski definition) is 1. The quantitative estimate of drug-likeness (QED) is 0.694. The molecule has 0 saturated heterocycles. The van der Waals surface area contributed by atoms with Crippen molar-refractivity contribution >= 4 is 27.6 Å². The van der Waals surface area contributed by atoms with Gasteiger partial charge in [-0.2, -0.15) is 5.26 Å². The van der Waals surface area contributed by atoms with E-state index in [1.165, 1.54) is 0 Å². The number of nitriles is 1. The molecule has 0 bridgehead atoms. The average Bonchev–Trinajstić information content (AvgIpc) is 3.04. The Morgan fingerprint density at radius 2 is 2.04 bits per heavy atom. The summed E-state index contributed by atoms with van der Waals surface area (Å²) in [5.41, 5.74) is 1.87. The summed E-state index contributed by atoms with van der Waals surface area (Å²) in [7, 11) is 0. The molecule has 3 rings (SSSR count). The molecule has 0 fully saturated rings. The normalized spacial score (nSPS) is 12.4. The minimum absolute atomic E-state index is 0.341. The zero-order chi connectivity index (χ0) is 19.4. The number of nitrogens with one attached hydrogen (secondary N) is 1. The predicted octanol–water partition coefficient (Wildman–Crippen LogP) is 4.98. The number of para-hydroxylation sites is 1. The molecule has 0 spiro atoms. The number of hydrogen-bond acceptors (Lipinski definition) is 5. The van der Waals surface area contributed by atoms with Gasteiger partial charge in [-0.15, -0.1) is 11.3 Å². The molecule has 0 aliphatic carbocycles. The van der Waals surface area contributed by atoms with Crippen LogP contribution in [0.25, 0.3) is 10.2 Å². The van der Waals surface area contributed by atoms with Gasteiger partial charge in [0.1, 0.15) is 10.6 Å². The van der Waals surface area contributed by atoms with E-state index >= 15 is 0 Å². The predicted molar refractivity (Wildman–Crippen MR) is 107 cm³/mol. The van der Waals surface area contributed by atoms with Crippen LogP contribution in [0.2, 0.25) is 0 Å². The van der Waals surface area contributed by atoms with Gasteiger partial charge in [0, 0.05) is 0 Å². The lowest BCUT2D eigenvalue weighted by molar-refractivity contribution is 0.0503. The average molecular weight is 379 g/mol. The van der Waals surface area contributed by atoms with Crippen molar-refractivity contribution in [3.05, 3.63) is 64.7 Å². The molecule has 138 valence electrons. The summed E-state index contributed by atoms with van der Waals surface area (Å²) in [6.45, 7) is 5.49. The Labute approximate surface area is 162 Å². The molecule has 1 amide bonds. The first kappa shape index (κ1) is 18.9. The lowest BCUT2D eigenvalue weighted by Crippen LogP contribution is -2.35. The van der Waals surface area contributed by atoms with E-state index in [9.17, 15) is 4.79 Å². The maximum Gasteiger partial charge on any atom is 0.408 e. The summed E-state index contributed by atoms with van der Waals surface area (Å²) in [5.74, 6) is 0. The van der Waals surface area contributed by atoms with Gasteiger partial charge in [0.2, 0.25) is 0 Å². The maximum atomic E-state index is 12.4. The molecule has 6 heteroatoms. The number of carbonyl (C=O) groups is 1. The standard InChI is InChI=1S/C21H21N3O2S/c1-21(2,3)26-20(25)24-17(12-14-7-6-8-15(11-14)13-22)19-23-16-9-4-5-10-18(16)27-19/h4-11,17H,12H2,1-3H3,(H,24,25). The van der Waals surface area contributed by atoms with Crippen molar-refractivity contribution < 1.29 is 9.53 Å². The minimum Gasteiger partial charge on any atom is -0.444 e. The molecule has 1 aromatic heterocycles. The number of alkyl carbamates (subject to hydrolysis) is 1. The first-order valence-electron chi connectivity index (χ1n) is 8.68. The lowest BCUT2D eigenvalue weighted by Gasteiger charge is -2.23. The molecule has 27 heavy (non-hydrogen) atoms. The van der Waals surface area contributed by atoms with Crippen LogP contribution in [0.4, 0.5) is 4.79 Å². The Morgan fingerprint density at radius 3 is 2.74 bits per heavy atom. The summed E-state index contributed by atoms with van der Waals surface area (Å²) in [6, 6.07) is 17.1. The van der Waals surface area contributed by atoms with Crippen molar-refractivity contribution in [2.45, 2.75) is 38.8 Å². The van der Waals surface area contributed by atoms with Gasteiger partial charge in [0.25, 0.3) is 0 Å². The van der Waals surface area contributed by atoms with Gasteiger partial charge in [0.05, 0.1) is 27.9 Å². The second-order valence-electron chi connectivity index (χ2n) is 7.23. The van der Waals surface area contributed by atoms with Crippen molar-refractivity contribution in [3.8, 4) is 6.07 Å².